The van der Waals surface area contributed by atoms with Gasteiger partial charge >= 0.3 is 0 Å². The number of hydrogen-bond donors (Lipinski definition) is 2. The Labute approximate surface area is 113 Å². The third-order valence-corrected chi connectivity index (χ3v) is 3.09. The van der Waals surface area contributed by atoms with Crippen LogP contribution in [-0.4, -0.2) is 24.6 Å². The van der Waals surface area contributed by atoms with Crippen LogP contribution in [0.4, 0.5) is 5.82 Å². The van der Waals surface area contributed by atoms with Crippen molar-refractivity contribution in [2.45, 2.75) is 6.61 Å². The molecule has 0 unspecified atom stereocenters. The van der Waals surface area contributed by atoms with Crippen LogP contribution in [0.2, 0.25) is 5.02 Å². The first-order valence-electron chi connectivity index (χ1n) is 5.53. The van der Waals surface area contributed by atoms with Crippen molar-refractivity contribution < 1.29 is 5.11 Å². The van der Waals surface area contributed by atoms with Gasteiger partial charge in [0.05, 0.1) is 28.9 Å². The second-order valence-electron chi connectivity index (χ2n) is 4.01. The van der Waals surface area contributed by atoms with Crippen molar-refractivity contribution in [3.8, 4) is 5.69 Å². The number of nitrogen functional groups attached to an aromatic ring is 1. The van der Waals surface area contributed by atoms with Crippen LogP contribution in [-0.2, 0) is 6.61 Å². The topological polar surface area (TPSA) is 89.9 Å². The highest BCUT2D eigenvalue weighted by molar-refractivity contribution is 6.36. The maximum absolute atomic E-state index is 9.15. The quantitative estimate of drug-likeness (QED) is 0.740. The van der Waals surface area contributed by atoms with E-state index in [1.807, 2.05) is 0 Å². The van der Waals surface area contributed by atoms with Crippen molar-refractivity contribution in [2.24, 2.45) is 0 Å². The number of hydrogen-bond acceptors (Lipinski definition) is 5. The molecule has 0 aliphatic rings. The summed E-state index contributed by atoms with van der Waals surface area (Å²) in [5, 5.41) is 10.2. The van der Waals surface area contributed by atoms with Crippen LogP contribution in [0, 0.1) is 0 Å². The van der Waals surface area contributed by atoms with E-state index in [9.17, 15) is 0 Å². The second-order valence-corrected chi connectivity index (χ2v) is 4.42. The van der Waals surface area contributed by atoms with Gasteiger partial charge in [-0.2, -0.15) is 0 Å². The Bertz CT molecular complexity index is 755. The smallest absolute Gasteiger partial charge is 0.151 e. The standard InChI is InChI=1S/C12H10ClN5O/c13-9-4-18(8-1-7(5-19)2-15-3-8)12-10(9)11(14)16-6-17-12/h1-4,6,19H,5H2,(H2,14,16,17). The molecule has 3 N–H and O–H groups in total. The predicted octanol–water partition coefficient (Wildman–Crippen LogP) is 1.54. The number of halogens is 1. The first kappa shape index (κ1) is 11.9. The van der Waals surface area contributed by atoms with E-state index in [4.69, 9.17) is 22.4 Å². The van der Waals surface area contributed by atoms with E-state index in [1.165, 1.54) is 6.33 Å². The minimum Gasteiger partial charge on any atom is -0.392 e. The minimum absolute atomic E-state index is 0.0785. The molecular weight excluding hydrogens is 266 g/mol. The molecule has 0 radical (unpaired) electrons. The van der Waals surface area contributed by atoms with E-state index >= 15 is 0 Å². The molecule has 0 fully saturated rings. The molecule has 6 nitrogen and oxygen atoms in total. The molecular formula is C12H10ClN5O. The predicted molar refractivity (Wildman–Crippen MR) is 72.0 cm³/mol. The lowest BCUT2D eigenvalue weighted by atomic mass is 10.3. The Balaban J connectivity index is 2.28. The Hall–Kier alpha value is -2.18. The van der Waals surface area contributed by atoms with Crippen molar-refractivity contribution >= 4 is 28.5 Å². The molecule has 3 rings (SSSR count). The average molecular weight is 276 g/mol. The van der Waals surface area contributed by atoms with E-state index in [0.717, 1.165) is 5.69 Å². The van der Waals surface area contributed by atoms with Gasteiger partial charge in [0.25, 0.3) is 0 Å². The summed E-state index contributed by atoms with van der Waals surface area (Å²) >= 11 is 6.16. The van der Waals surface area contributed by atoms with Crippen molar-refractivity contribution in [1.29, 1.82) is 0 Å². The zero-order valence-electron chi connectivity index (χ0n) is 9.79. The van der Waals surface area contributed by atoms with Crippen LogP contribution in [0.15, 0.2) is 31.0 Å². The van der Waals surface area contributed by atoms with Crippen molar-refractivity contribution in [1.82, 2.24) is 19.5 Å². The van der Waals surface area contributed by atoms with E-state index < -0.39 is 0 Å². The lowest BCUT2D eigenvalue weighted by molar-refractivity contribution is 0.281. The summed E-state index contributed by atoms with van der Waals surface area (Å²) in [7, 11) is 0. The zero-order valence-corrected chi connectivity index (χ0v) is 10.5. The Morgan fingerprint density at radius 2 is 2.16 bits per heavy atom. The van der Waals surface area contributed by atoms with Crippen LogP contribution >= 0.6 is 11.6 Å². The number of pyridine rings is 1. The minimum atomic E-state index is -0.0785. The van der Waals surface area contributed by atoms with Gasteiger partial charge in [0.2, 0.25) is 0 Å². The summed E-state index contributed by atoms with van der Waals surface area (Å²) in [5.41, 5.74) is 7.86. The monoisotopic (exact) mass is 275 g/mol. The van der Waals surface area contributed by atoms with Gasteiger partial charge < -0.3 is 10.8 Å². The van der Waals surface area contributed by atoms with Crippen LogP contribution in [0.1, 0.15) is 5.56 Å². The summed E-state index contributed by atoms with van der Waals surface area (Å²) in [5.74, 6) is 0.333. The molecule has 3 aromatic rings. The lowest BCUT2D eigenvalue weighted by Gasteiger charge is -2.05. The molecule has 3 aromatic heterocycles. The number of fused-ring (bicyclic) bond motifs is 1. The van der Waals surface area contributed by atoms with Crippen molar-refractivity contribution in [2.75, 3.05) is 5.73 Å². The SMILES string of the molecule is Nc1ncnc2c1c(Cl)cn2-c1cncc(CO)c1. The van der Waals surface area contributed by atoms with Gasteiger partial charge in [-0.1, -0.05) is 11.6 Å². The Kier molecular flexibility index (Phi) is 2.81. The Morgan fingerprint density at radius 3 is 2.95 bits per heavy atom. The molecule has 0 saturated heterocycles. The number of aromatic nitrogens is 4. The number of rotatable bonds is 2. The maximum Gasteiger partial charge on any atom is 0.151 e. The first-order valence-corrected chi connectivity index (χ1v) is 5.90. The highest BCUT2D eigenvalue weighted by atomic mass is 35.5. The van der Waals surface area contributed by atoms with Gasteiger partial charge in [-0.05, 0) is 11.6 Å². The lowest BCUT2D eigenvalue weighted by Crippen LogP contribution is -1.98. The van der Waals surface area contributed by atoms with Crippen LogP contribution in [0.5, 0.6) is 0 Å². The molecule has 0 aliphatic heterocycles. The average Bonchev–Trinajstić information content (AvgIpc) is 2.78. The molecule has 3 heterocycles. The first-order chi connectivity index (χ1) is 9.20. The molecule has 0 saturated carbocycles. The maximum atomic E-state index is 9.15. The fourth-order valence-electron chi connectivity index (χ4n) is 1.93. The van der Waals surface area contributed by atoms with E-state index in [2.05, 4.69) is 15.0 Å². The molecule has 0 amide bonds. The Morgan fingerprint density at radius 1 is 1.32 bits per heavy atom. The molecule has 0 aliphatic carbocycles. The van der Waals surface area contributed by atoms with E-state index in [1.54, 1.807) is 29.2 Å². The fraction of sp³-hybridized carbons (Fsp3) is 0.0833. The van der Waals surface area contributed by atoms with Crippen LogP contribution in [0.3, 0.4) is 0 Å². The van der Waals surface area contributed by atoms with Gasteiger partial charge in [0, 0.05) is 12.4 Å². The summed E-state index contributed by atoms with van der Waals surface area (Å²) < 4.78 is 1.77. The highest BCUT2D eigenvalue weighted by Gasteiger charge is 2.13. The van der Waals surface area contributed by atoms with Gasteiger partial charge in [-0.15, -0.1) is 0 Å². The van der Waals surface area contributed by atoms with E-state index in [0.29, 0.717) is 27.4 Å². The van der Waals surface area contributed by atoms with Crippen LogP contribution in [0.25, 0.3) is 16.7 Å². The molecule has 0 atom stereocenters. The number of anilines is 1. The zero-order chi connectivity index (χ0) is 13.4. The number of aliphatic hydroxyl groups excluding tert-OH is 1. The number of aliphatic hydroxyl groups is 1. The van der Waals surface area contributed by atoms with Crippen molar-refractivity contribution in [3.63, 3.8) is 0 Å². The third-order valence-electron chi connectivity index (χ3n) is 2.81. The molecule has 19 heavy (non-hydrogen) atoms. The van der Waals surface area contributed by atoms with E-state index in [-0.39, 0.29) is 6.61 Å². The van der Waals surface area contributed by atoms with Gasteiger partial charge in [0.15, 0.2) is 5.65 Å². The molecule has 0 aromatic carbocycles. The fourth-order valence-corrected chi connectivity index (χ4v) is 2.21. The number of nitrogens with two attached hydrogens (primary N) is 1. The number of nitrogens with zero attached hydrogens (tertiary/aromatic N) is 4. The molecule has 0 spiro atoms. The van der Waals surface area contributed by atoms with Gasteiger partial charge in [-0.25, -0.2) is 9.97 Å². The normalized spacial score (nSPS) is 11.1. The molecule has 96 valence electrons. The third kappa shape index (κ3) is 1.91. The summed E-state index contributed by atoms with van der Waals surface area (Å²) in [6, 6.07) is 1.81. The van der Waals surface area contributed by atoms with Gasteiger partial charge in [0.1, 0.15) is 12.1 Å². The van der Waals surface area contributed by atoms with Crippen LogP contribution < -0.4 is 5.73 Å². The molecule has 0 bridgehead atoms. The van der Waals surface area contributed by atoms with Crippen molar-refractivity contribution in [3.05, 3.63) is 41.6 Å². The summed E-state index contributed by atoms with van der Waals surface area (Å²) in [6.07, 6.45) is 6.34. The highest BCUT2D eigenvalue weighted by Crippen LogP contribution is 2.29. The second kappa shape index (κ2) is 4.49. The molecule has 7 heteroatoms. The van der Waals surface area contributed by atoms with Gasteiger partial charge in [-0.3, -0.25) is 9.55 Å². The summed E-state index contributed by atoms with van der Waals surface area (Å²) in [6.45, 7) is -0.0785. The summed E-state index contributed by atoms with van der Waals surface area (Å²) in [4.78, 5) is 12.2. The largest absolute Gasteiger partial charge is 0.392 e.